The molecule has 9 heteroatoms. The Morgan fingerprint density at radius 3 is 2.14 bits per heavy atom. The SMILES string of the molecule is CCOC(=O)[C@](CC(=O)OCc1ccccc1)(NC(=O)OC(C)(C)C)C(=O)O. The number of ether oxygens (including phenoxy) is 3. The Kier molecular flexibility index (Phi) is 7.97. The standard InChI is InChI=1S/C19H25NO8/c1-5-26-16(24)19(15(22)23,20-17(25)28-18(2,3)4)11-14(21)27-12-13-9-7-6-8-10-13/h6-10H,5,11-12H2,1-4H3,(H,20,25)(H,22,23)/t19-/m1/s1. The number of carboxylic acids is 1. The molecule has 0 aromatic heterocycles. The van der Waals surface area contributed by atoms with Crippen molar-refractivity contribution in [3.8, 4) is 0 Å². The van der Waals surface area contributed by atoms with Crippen molar-refractivity contribution in [2.24, 2.45) is 0 Å². The van der Waals surface area contributed by atoms with Crippen LogP contribution >= 0.6 is 0 Å². The Morgan fingerprint density at radius 1 is 1.04 bits per heavy atom. The number of benzene rings is 1. The predicted molar refractivity (Wildman–Crippen MR) is 97.2 cm³/mol. The molecule has 2 N–H and O–H groups in total. The molecule has 0 fully saturated rings. The summed E-state index contributed by atoms with van der Waals surface area (Å²) in [6.45, 7) is 5.88. The first-order valence-corrected chi connectivity index (χ1v) is 8.61. The molecule has 1 aromatic rings. The summed E-state index contributed by atoms with van der Waals surface area (Å²) in [6.07, 6.45) is -2.15. The smallest absolute Gasteiger partial charge is 0.409 e. The zero-order valence-electron chi connectivity index (χ0n) is 16.3. The summed E-state index contributed by atoms with van der Waals surface area (Å²) in [5.41, 5.74) is -2.95. The molecule has 0 unspecified atom stereocenters. The first-order valence-electron chi connectivity index (χ1n) is 8.61. The lowest BCUT2D eigenvalue weighted by molar-refractivity contribution is -0.168. The van der Waals surface area contributed by atoms with Crippen LogP contribution < -0.4 is 5.32 Å². The van der Waals surface area contributed by atoms with E-state index in [0.29, 0.717) is 5.56 Å². The maximum Gasteiger partial charge on any atom is 0.409 e. The van der Waals surface area contributed by atoms with Gasteiger partial charge < -0.3 is 19.3 Å². The van der Waals surface area contributed by atoms with Gasteiger partial charge in [0.2, 0.25) is 5.54 Å². The molecule has 0 aliphatic carbocycles. The summed E-state index contributed by atoms with van der Waals surface area (Å²) in [5, 5.41) is 11.6. The molecule has 1 rings (SSSR count). The minimum Gasteiger partial charge on any atom is -0.479 e. The van der Waals surface area contributed by atoms with Crippen molar-refractivity contribution in [1.29, 1.82) is 0 Å². The van der Waals surface area contributed by atoms with Crippen LogP contribution in [0.1, 0.15) is 39.7 Å². The number of hydrogen-bond donors (Lipinski definition) is 2. The van der Waals surface area contributed by atoms with Gasteiger partial charge in [-0.2, -0.15) is 0 Å². The number of carboxylic acid groups (broad SMARTS) is 1. The molecule has 0 saturated heterocycles. The van der Waals surface area contributed by atoms with E-state index in [1.807, 2.05) is 5.32 Å². The molecule has 28 heavy (non-hydrogen) atoms. The van der Waals surface area contributed by atoms with Crippen LogP contribution in [0.4, 0.5) is 4.79 Å². The highest BCUT2D eigenvalue weighted by Crippen LogP contribution is 2.18. The number of carbonyl (C=O) groups is 4. The van der Waals surface area contributed by atoms with E-state index in [4.69, 9.17) is 14.2 Å². The molecule has 0 saturated carbocycles. The lowest BCUT2D eigenvalue weighted by Gasteiger charge is -2.29. The molecule has 1 amide bonds. The Balaban J connectivity index is 3.00. The van der Waals surface area contributed by atoms with E-state index in [0.717, 1.165) is 0 Å². The minimum atomic E-state index is -2.67. The van der Waals surface area contributed by atoms with Gasteiger partial charge in [-0.25, -0.2) is 14.4 Å². The van der Waals surface area contributed by atoms with Crippen molar-refractivity contribution in [2.75, 3.05) is 6.61 Å². The largest absolute Gasteiger partial charge is 0.479 e. The van der Waals surface area contributed by atoms with E-state index in [1.165, 1.54) is 6.92 Å². The Labute approximate surface area is 163 Å². The van der Waals surface area contributed by atoms with Crippen LogP contribution in [0.3, 0.4) is 0 Å². The van der Waals surface area contributed by atoms with Crippen molar-refractivity contribution in [1.82, 2.24) is 5.32 Å². The van der Waals surface area contributed by atoms with Crippen molar-refractivity contribution in [3.05, 3.63) is 35.9 Å². The van der Waals surface area contributed by atoms with Crippen LogP contribution in [0.25, 0.3) is 0 Å². The Hall–Kier alpha value is -3.10. The van der Waals surface area contributed by atoms with Crippen molar-refractivity contribution >= 4 is 24.0 Å². The van der Waals surface area contributed by atoms with Gasteiger partial charge in [-0.15, -0.1) is 0 Å². The van der Waals surface area contributed by atoms with Crippen LogP contribution in [-0.4, -0.2) is 46.9 Å². The van der Waals surface area contributed by atoms with Gasteiger partial charge >= 0.3 is 24.0 Å². The number of amides is 1. The number of hydrogen-bond acceptors (Lipinski definition) is 7. The molecule has 0 spiro atoms. The molecule has 0 heterocycles. The molecule has 1 atom stereocenters. The van der Waals surface area contributed by atoms with Gasteiger partial charge in [-0.1, -0.05) is 30.3 Å². The van der Waals surface area contributed by atoms with Crippen LogP contribution in [0.15, 0.2) is 30.3 Å². The molecule has 9 nitrogen and oxygen atoms in total. The minimum absolute atomic E-state index is 0.120. The maximum absolute atomic E-state index is 12.3. The molecular formula is C19H25NO8. The third-order valence-corrected chi connectivity index (χ3v) is 3.36. The van der Waals surface area contributed by atoms with Crippen LogP contribution in [0.2, 0.25) is 0 Å². The Morgan fingerprint density at radius 2 is 1.64 bits per heavy atom. The van der Waals surface area contributed by atoms with Crippen molar-refractivity contribution in [2.45, 2.75) is 51.9 Å². The summed E-state index contributed by atoms with van der Waals surface area (Å²) < 4.78 is 14.8. The first kappa shape index (κ1) is 22.9. The van der Waals surface area contributed by atoms with E-state index in [1.54, 1.807) is 51.1 Å². The summed E-state index contributed by atoms with van der Waals surface area (Å²) in [6, 6.07) is 8.69. The van der Waals surface area contributed by atoms with E-state index in [2.05, 4.69) is 0 Å². The molecule has 0 radical (unpaired) electrons. The molecule has 154 valence electrons. The fourth-order valence-electron chi connectivity index (χ4n) is 2.12. The van der Waals surface area contributed by atoms with E-state index in [-0.39, 0.29) is 13.2 Å². The molecular weight excluding hydrogens is 370 g/mol. The summed E-state index contributed by atoms with van der Waals surface area (Å²) >= 11 is 0. The van der Waals surface area contributed by atoms with Gasteiger partial charge in [0.1, 0.15) is 12.2 Å². The average molecular weight is 395 g/mol. The average Bonchev–Trinajstić information content (AvgIpc) is 2.58. The van der Waals surface area contributed by atoms with E-state index < -0.39 is 41.6 Å². The van der Waals surface area contributed by atoms with E-state index in [9.17, 15) is 24.3 Å². The van der Waals surface area contributed by atoms with Crippen LogP contribution in [0, 0.1) is 0 Å². The van der Waals surface area contributed by atoms with Crippen LogP contribution in [-0.2, 0) is 35.2 Å². The quantitative estimate of drug-likeness (QED) is 0.389. The molecule has 1 aromatic carbocycles. The normalized spacial score (nSPS) is 13.0. The zero-order chi connectivity index (χ0) is 21.4. The van der Waals surface area contributed by atoms with Gasteiger partial charge in [-0.3, -0.25) is 10.1 Å². The summed E-state index contributed by atoms with van der Waals surface area (Å²) in [4.78, 5) is 48.5. The van der Waals surface area contributed by atoms with Gasteiger partial charge in [0.25, 0.3) is 0 Å². The summed E-state index contributed by atoms with van der Waals surface area (Å²) in [7, 11) is 0. The second kappa shape index (κ2) is 9.72. The molecule has 0 aliphatic rings. The van der Waals surface area contributed by atoms with Gasteiger partial charge in [0, 0.05) is 0 Å². The number of rotatable bonds is 8. The lowest BCUT2D eigenvalue weighted by atomic mass is 9.95. The number of carbonyl (C=O) groups excluding carboxylic acids is 3. The van der Waals surface area contributed by atoms with E-state index >= 15 is 0 Å². The summed E-state index contributed by atoms with van der Waals surface area (Å²) in [5.74, 6) is -4.08. The second-order valence-electron chi connectivity index (χ2n) is 6.88. The Bertz CT molecular complexity index is 710. The molecule has 0 bridgehead atoms. The third kappa shape index (κ3) is 6.90. The van der Waals surface area contributed by atoms with Gasteiger partial charge in [0.15, 0.2) is 0 Å². The fraction of sp³-hybridized carbons (Fsp3) is 0.474. The second-order valence-corrected chi connectivity index (χ2v) is 6.88. The van der Waals surface area contributed by atoms with Crippen molar-refractivity contribution in [3.63, 3.8) is 0 Å². The van der Waals surface area contributed by atoms with Gasteiger partial charge in [0.05, 0.1) is 13.0 Å². The maximum atomic E-state index is 12.3. The molecule has 0 aliphatic heterocycles. The zero-order valence-corrected chi connectivity index (χ0v) is 16.3. The number of aliphatic carboxylic acids is 1. The number of nitrogens with one attached hydrogen (secondary N) is 1. The topological polar surface area (TPSA) is 128 Å². The van der Waals surface area contributed by atoms with Crippen LogP contribution in [0.5, 0.6) is 0 Å². The highest BCUT2D eigenvalue weighted by molar-refractivity contribution is 6.09. The predicted octanol–water partition coefficient (Wildman–Crippen LogP) is 2.03. The highest BCUT2D eigenvalue weighted by atomic mass is 16.6. The first-order chi connectivity index (χ1) is 13.0. The van der Waals surface area contributed by atoms with Gasteiger partial charge in [-0.05, 0) is 33.3 Å². The lowest BCUT2D eigenvalue weighted by Crippen LogP contribution is -2.62. The number of esters is 2. The number of alkyl carbamates (subject to hydrolysis) is 1. The fourth-order valence-corrected chi connectivity index (χ4v) is 2.12. The third-order valence-electron chi connectivity index (χ3n) is 3.36. The van der Waals surface area contributed by atoms with Crippen molar-refractivity contribution < 1.29 is 38.5 Å². The highest BCUT2D eigenvalue weighted by Gasteiger charge is 2.52. The monoisotopic (exact) mass is 395 g/mol.